The third kappa shape index (κ3) is 14.5. The molecule has 0 bridgehead atoms. The highest BCUT2D eigenvalue weighted by Gasteiger charge is 2.15. The van der Waals surface area contributed by atoms with Gasteiger partial charge >= 0.3 is 5.97 Å². The molecule has 0 aliphatic heterocycles. The molecule has 0 atom stereocenters. The zero-order valence-corrected chi connectivity index (χ0v) is 22.5. The predicted octanol–water partition coefficient (Wildman–Crippen LogP) is 9.51. The van der Waals surface area contributed by atoms with Gasteiger partial charge in [0.05, 0.1) is 18.8 Å². The maximum atomic E-state index is 11.7. The Kier molecular flexibility index (Phi) is 18.4. The number of carbonyl (C=O) groups is 1. The van der Waals surface area contributed by atoms with Crippen molar-refractivity contribution < 1.29 is 19.4 Å². The SMILES string of the molecule is CCCCCCCCCCCOc1cc(OCCCCCCCCCCC)c(C)c(C(=O)O)c1. The van der Waals surface area contributed by atoms with Crippen LogP contribution in [0, 0.1) is 6.92 Å². The predicted molar refractivity (Wildman–Crippen MR) is 144 cm³/mol. The minimum atomic E-state index is -0.932. The molecule has 1 aromatic carbocycles. The van der Waals surface area contributed by atoms with E-state index in [2.05, 4.69) is 13.8 Å². The first-order valence-corrected chi connectivity index (χ1v) is 14.2. The molecule has 4 heteroatoms. The van der Waals surface area contributed by atoms with Crippen LogP contribution in [0.5, 0.6) is 11.5 Å². The lowest BCUT2D eigenvalue weighted by molar-refractivity contribution is 0.0695. The van der Waals surface area contributed by atoms with Gasteiger partial charge in [-0.3, -0.25) is 0 Å². The number of carboxylic acid groups (broad SMARTS) is 1. The molecule has 0 unspecified atom stereocenters. The van der Waals surface area contributed by atoms with Crippen molar-refractivity contribution in [3.63, 3.8) is 0 Å². The van der Waals surface area contributed by atoms with Gasteiger partial charge < -0.3 is 14.6 Å². The Labute approximate surface area is 209 Å². The second-order valence-electron chi connectivity index (χ2n) is 9.75. The molecule has 0 heterocycles. The Morgan fingerprint density at radius 2 is 1.06 bits per heavy atom. The number of carboxylic acids is 1. The third-order valence-corrected chi connectivity index (χ3v) is 6.59. The number of aromatic carboxylic acids is 1. The van der Waals surface area contributed by atoms with E-state index in [0.29, 0.717) is 30.3 Å². The number of rotatable bonds is 23. The lowest BCUT2D eigenvalue weighted by Crippen LogP contribution is -2.06. The minimum absolute atomic E-state index is 0.270. The van der Waals surface area contributed by atoms with Crippen LogP contribution in [0.25, 0.3) is 0 Å². The van der Waals surface area contributed by atoms with E-state index in [4.69, 9.17) is 9.47 Å². The Hall–Kier alpha value is -1.71. The average molecular weight is 477 g/mol. The average Bonchev–Trinajstić information content (AvgIpc) is 2.82. The molecule has 0 aliphatic rings. The number of ether oxygens (including phenoxy) is 2. The van der Waals surface area contributed by atoms with Gasteiger partial charge in [0.15, 0.2) is 0 Å². The summed E-state index contributed by atoms with van der Waals surface area (Å²) in [5.74, 6) is 0.310. The number of hydrogen-bond acceptors (Lipinski definition) is 3. The lowest BCUT2D eigenvalue weighted by atomic mass is 10.1. The summed E-state index contributed by atoms with van der Waals surface area (Å²) in [5.41, 5.74) is 0.950. The van der Waals surface area contributed by atoms with Gasteiger partial charge in [-0.15, -0.1) is 0 Å². The summed E-state index contributed by atoms with van der Waals surface area (Å²) >= 11 is 0. The summed E-state index contributed by atoms with van der Waals surface area (Å²) in [7, 11) is 0. The summed E-state index contributed by atoms with van der Waals surface area (Å²) in [6.07, 6.45) is 22.8. The van der Waals surface area contributed by atoms with Gasteiger partial charge in [-0.05, 0) is 25.8 Å². The van der Waals surface area contributed by atoms with Gasteiger partial charge in [0, 0.05) is 11.6 Å². The van der Waals surface area contributed by atoms with Gasteiger partial charge in [-0.1, -0.05) is 117 Å². The minimum Gasteiger partial charge on any atom is -0.493 e. The number of unbranched alkanes of at least 4 members (excludes halogenated alkanes) is 16. The first-order valence-electron chi connectivity index (χ1n) is 14.2. The molecule has 196 valence electrons. The fraction of sp³-hybridized carbons (Fsp3) is 0.767. The van der Waals surface area contributed by atoms with Crippen molar-refractivity contribution in [1.82, 2.24) is 0 Å². The van der Waals surface area contributed by atoms with E-state index in [1.165, 1.54) is 89.9 Å². The Bertz CT molecular complexity index is 641. The Balaban J connectivity index is 2.32. The maximum Gasteiger partial charge on any atom is 0.336 e. The van der Waals surface area contributed by atoms with Crippen molar-refractivity contribution in [3.05, 3.63) is 23.3 Å². The highest BCUT2D eigenvalue weighted by atomic mass is 16.5. The molecule has 1 rings (SSSR count). The van der Waals surface area contributed by atoms with Gasteiger partial charge in [-0.25, -0.2) is 4.79 Å². The summed E-state index contributed by atoms with van der Waals surface area (Å²) in [6, 6.07) is 3.50. The zero-order chi connectivity index (χ0) is 24.9. The van der Waals surface area contributed by atoms with E-state index in [-0.39, 0.29) is 5.56 Å². The second kappa shape index (κ2) is 20.6. The van der Waals surface area contributed by atoms with Crippen LogP contribution in [0.2, 0.25) is 0 Å². The van der Waals surface area contributed by atoms with Gasteiger partial charge in [-0.2, -0.15) is 0 Å². The molecule has 0 aromatic heterocycles. The summed E-state index contributed by atoms with van der Waals surface area (Å²) in [6.45, 7) is 7.56. The fourth-order valence-corrected chi connectivity index (χ4v) is 4.32. The van der Waals surface area contributed by atoms with Gasteiger partial charge in [0.1, 0.15) is 11.5 Å². The molecular formula is C30H52O4. The van der Waals surface area contributed by atoms with Crippen molar-refractivity contribution in [2.45, 2.75) is 136 Å². The largest absolute Gasteiger partial charge is 0.493 e. The summed E-state index contributed by atoms with van der Waals surface area (Å²) in [4.78, 5) is 11.7. The van der Waals surface area contributed by atoms with E-state index >= 15 is 0 Å². The fourth-order valence-electron chi connectivity index (χ4n) is 4.32. The van der Waals surface area contributed by atoms with Gasteiger partial charge in [0.25, 0.3) is 0 Å². The third-order valence-electron chi connectivity index (χ3n) is 6.59. The molecule has 1 aromatic rings. The van der Waals surface area contributed by atoms with Crippen LogP contribution >= 0.6 is 0 Å². The molecule has 0 aliphatic carbocycles. The smallest absolute Gasteiger partial charge is 0.336 e. The Morgan fingerprint density at radius 3 is 1.50 bits per heavy atom. The molecule has 1 N–H and O–H groups in total. The molecule has 0 fully saturated rings. The summed E-state index contributed by atoms with van der Waals surface area (Å²) < 4.78 is 11.9. The highest BCUT2D eigenvalue weighted by molar-refractivity contribution is 5.90. The summed E-state index contributed by atoms with van der Waals surface area (Å²) in [5, 5.41) is 9.60. The topological polar surface area (TPSA) is 55.8 Å². The monoisotopic (exact) mass is 476 g/mol. The first kappa shape index (κ1) is 30.3. The molecule has 0 saturated carbocycles. The van der Waals surface area contributed by atoms with Crippen molar-refractivity contribution >= 4 is 5.97 Å². The standard InChI is InChI=1S/C30H52O4/c1-4-6-8-10-12-14-16-18-20-22-33-27-24-28(30(31)32)26(3)29(25-27)34-23-21-19-17-15-13-11-9-7-5-2/h24-25H,4-23H2,1-3H3,(H,31,32). The molecule has 0 saturated heterocycles. The van der Waals surface area contributed by atoms with E-state index < -0.39 is 5.97 Å². The maximum absolute atomic E-state index is 11.7. The van der Waals surface area contributed by atoms with Crippen molar-refractivity contribution in [2.75, 3.05) is 13.2 Å². The van der Waals surface area contributed by atoms with Crippen molar-refractivity contribution in [2.24, 2.45) is 0 Å². The van der Waals surface area contributed by atoms with Crippen LogP contribution in [0.3, 0.4) is 0 Å². The first-order chi connectivity index (χ1) is 16.6. The van der Waals surface area contributed by atoms with E-state index in [9.17, 15) is 9.90 Å². The number of hydrogen-bond donors (Lipinski definition) is 1. The molecule has 0 amide bonds. The second-order valence-corrected chi connectivity index (χ2v) is 9.75. The van der Waals surface area contributed by atoms with Crippen molar-refractivity contribution in [1.29, 1.82) is 0 Å². The molecule has 0 radical (unpaired) electrons. The molecular weight excluding hydrogens is 424 g/mol. The molecule has 4 nitrogen and oxygen atoms in total. The Morgan fingerprint density at radius 1 is 0.647 bits per heavy atom. The normalized spacial score (nSPS) is 11.0. The van der Waals surface area contributed by atoms with Crippen LogP contribution in [0.4, 0.5) is 0 Å². The van der Waals surface area contributed by atoms with E-state index in [1.807, 2.05) is 13.0 Å². The molecule has 34 heavy (non-hydrogen) atoms. The van der Waals surface area contributed by atoms with Gasteiger partial charge in [0.2, 0.25) is 0 Å². The highest BCUT2D eigenvalue weighted by Crippen LogP contribution is 2.29. The van der Waals surface area contributed by atoms with Crippen LogP contribution in [-0.2, 0) is 0 Å². The van der Waals surface area contributed by atoms with Crippen LogP contribution < -0.4 is 9.47 Å². The molecule has 0 spiro atoms. The van der Waals surface area contributed by atoms with Crippen LogP contribution in [0.15, 0.2) is 12.1 Å². The van der Waals surface area contributed by atoms with E-state index in [1.54, 1.807) is 6.07 Å². The number of benzene rings is 1. The van der Waals surface area contributed by atoms with Crippen LogP contribution in [0.1, 0.15) is 145 Å². The van der Waals surface area contributed by atoms with Crippen LogP contribution in [-0.4, -0.2) is 24.3 Å². The zero-order valence-electron chi connectivity index (χ0n) is 22.5. The quantitative estimate of drug-likeness (QED) is 0.160. The van der Waals surface area contributed by atoms with Crippen molar-refractivity contribution in [3.8, 4) is 11.5 Å². The van der Waals surface area contributed by atoms with E-state index in [0.717, 1.165) is 25.7 Å². The lowest BCUT2D eigenvalue weighted by Gasteiger charge is -2.14.